The number of benzene rings is 2. The van der Waals surface area contributed by atoms with Crippen LogP contribution in [0.1, 0.15) is 11.1 Å². The number of hydrogen-bond donors (Lipinski definition) is 1. The second-order valence-corrected chi connectivity index (χ2v) is 6.20. The van der Waals surface area contributed by atoms with Gasteiger partial charge in [-0.15, -0.1) is 0 Å². The highest BCUT2D eigenvalue weighted by molar-refractivity contribution is 5.93. The van der Waals surface area contributed by atoms with Gasteiger partial charge in [-0.25, -0.2) is 0 Å². The molecule has 7 heteroatoms. The van der Waals surface area contributed by atoms with Gasteiger partial charge >= 0.3 is 0 Å². The highest BCUT2D eigenvalue weighted by Crippen LogP contribution is 2.42. The maximum absolute atomic E-state index is 13.3. The second-order valence-electron chi connectivity index (χ2n) is 6.20. The van der Waals surface area contributed by atoms with Crippen LogP contribution in [0, 0.1) is 13.8 Å². The molecule has 0 unspecified atom stereocenters. The summed E-state index contributed by atoms with van der Waals surface area (Å²) in [6.45, 7) is 3.61. The number of methoxy groups -OCH3 is 4. The summed E-state index contributed by atoms with van der Waals surface area (Å²) >= 11 is 0. The fraction of sp³-hybridized carbons (Fsp3) is 0.286. The molecule has 0 atom stereocenters. The van der Waals surface area contributed by atoms with Gasteiger partial charge in [0.05, 0.1) is 28.4 Å². The quantitative estimate of drug-likeness (QED) is 0.713. The molecule has 1 heterocycles. The Balaban J connectivity index is 2.46. The molecule has 0 amide bonds. The molecular formula is C21H22O7. The number of fused-ring (bicyclic) bond motifs is 1. The zero-order valence-corrected chi connectivity index (χ0v) is 16.6. The lowest BCUT2D eigenvalue weighted by Crippen LogP contribution is -2.11. The minimum absolute atomic E-state index is 0.0133. The van der Waals surface area contributed by atoms with Crippen molar-refractivity contribution in [1.29, 1.82) is 0 Å². The molecule has 0 bridgehead atoms. The fourth-order valence-corrected chi connectivity index (χ4v) is 3.43. The number of phenolic OH excluding ortho intramolecular Hbond substituents is 1. The molecule has 0 aliphatic heterocycles. The van der Waals surface area contributed by atoms with E-state index in [1.54, 1.807) is 26.2 Å². The lowest BCUT2D eigenvalue weighted by Gasteiger charge is -2.17. The van der Waals surface area contributed by atoms with E-state index in [-0.39, 0.29) is 28.1 Å². The van der Waals surface area contributed by atoms with Crippen molar-refractivity contribution < 1.29 is 28.5 Å². The van der Waals surface area contributed by atoms with Gasteiger partial charge in [-0.2, -0.15) is 0 Å². The van der Waals surface area contributed by atoms with Gasteiger partial charge in [0.1, 0.15) is 22.5 Å². The fourth-order valence-electron chi connectivity index (χ4n) is 3.43. The van der Waals surface area contributed by atoms with Crippen molar-refractivity contribution in [3.8, 4) is 40.1 Å². The van der Waals surface area contributed by atoms with Gasteiger partial charge in [-0.1, -0.05) is 0 Å². The van der Waals surface area contributed by atoms with Crippen LogP contribution in [0.2, 0.25) is 0 Å². The molecule has 1 aromatic heterocycles. The van der Waals surface area contributed by atoms with E-state index >= 15 is 0 Å². The van der Waals surface area contributed by atoms with Crippen molar-refractivity contribution >= 4 is 11.0 Å². The summed E-state index contributed by atoms with van der Waals surface area (Å²) < 4.78 is 27.5. The normalized spacial score (nSPS) is 10.8. The molecular weight excluding hydrogens is 364 g/mol. The minimum Gasteiger partial charge on any atom is -0.504 e. The molecule has 28 heavy (non-hydrogen) atoms. The van der Waals surface area contributed by atoms with E-state index in [2.05, 4.69) is 0 Å². The SMILES string of the molecule is COc1ccc(-c2oc3c(C)c(OC)c(C)c(OC)c3c(=O)c2OC)cc1O. The summed E-state index contributed by atoms with van der Waals surface area (Å²) in [4.78, 5) is 13.3. The third-order valence-corrected chi connectivity index (χ3v) is 4.71. The Morgan fingerprint density at radius 1 is 0.857 bits per heavy atom. The topological polar surface area (TPSA) is 87.4 Å². The van der Waals surface area contributed by atoms with Crippen LogP contribution < -0.4 is 24.4 Å². The molecule has 0 saturated carbocycles. The maximum atomic E-state index is 13.3. The predicted octanol–water partition coefficient (Wildman–Crippen LogP) is 3.82. The van der Waals surface area contributed by atoms with Crippen LogP contribution in [0.5, 0.6) is 28.7 Å². The average Bonchev–Trinajstić information content (AvgIpc) is 2.69. The first-order chi connectivity index (χ1) is 13.4. The molecule has 1 N–H and O–H groups in total. The van der Waals surface area contributed by atoms with Crippen molar-refractivity contribution in [3.63, 3.8) is 0 Å². The first-order valence-corrected chi connectivity index (χ1v) is 8.52. The lowest BCUT2D eigenvalue weighted by atomic mass is 10.0. The van der Waals surface area contributed by atoms with E-state index in [0.717, 1.165) is 0 Å². The Kier molecular flexibility index (Phi) is 5.09. The second kappa shape index (κ2) is 7.34. The Bertz CT molecular complexity index is 1110. The molecule has 0 saturated heterocycles. The van der Waals surface area contributed by atoms with E-state index in [9.17, 15) is 9.90 Å². The van der Waals surface area contributed by atoms with Crippen LogP contribution in [-0.2, 0) is 0 Å². The summed E-state index contributed by atoms with van der Waals surface area (Å²) in [6, 6.07) is 4.70. The first-order valence-electron chi connectivity index (χ1n) is 8.52. The number of phenols is 1. The van der Waals surface area contributed by atoms with Gasteiger partial charge in [0.2, 0.25) is 11.2 Å². The van der Waals surface area contributed by atoms with Gasteiger partial charge < -0.3 is 28.5 Å². The van der Waals surface area contributed by atoms with Gasteiger partial charge in [0.25, 0.3) is 0 Å². The van der Waals surface area contributed by atoms with Gasteiger partial charge in [-0.3, -0.25) is 4.79 Å². The predicted molar refractivity (Wildman–Crippen MR) is 105 cm³/mol. The van der Waals surface area contributed by atoms with Crippen LogP contribution in [0.25, 0.3) is 22.3 Å². The minimum atomic E-state index is -0.375. The lowest BCUT2D eigenvalue weighted by molar-refractivity contribution is 0.373. The molecule has 148 valence electrons. The van der Waals surface area contributed by atoms with E-state index < -0.39 is 0 Å². The van der Waals surface area contributed by atoms with Gasteiger partial charge in [0.15, 0.2) is 17.3 Å². The molecule has 0 aliphatic carbocycles. The van der Waals surface area contributed by atoms with Crippen molar-refractivity contribution in [1.82, 2.24) is 0 Å². The monoisotopic (exact) mass is 386 g/mol. The summed E-state index contributed by atoms with van der Waals surface area (Å²) in [6.07, 6.45) is 0. The van der Waals surface area contributed by atoms with Crippen molar-refractivity contribution in [3.05, 3.63) is 39.5 Å². The Morgan fingerprint density at radius 3 is 2.04 bits per heavy atom. The maximum Gasteiger partial charge on any atom is 0.239 e. The Hall–Kier alpha value is -3.35. The van der Waals surface area contributed by atoms with Crippen molar-refractivity contribution in [2.24, 2.45) is 0 Å². The summed E-state index contributed by atoms with van der Waals surface area (Å²) in [7, 11) is 5.87. The highest BCUT2D eigenvalue weighted by Gasteiger charge is 2.25. The Labute approximate surface area is 162 Å². The van der Waals surface area contributed by atoms with Crippen LogP contribution in [0.15, 0.2) is 27.4 Å². The third-order valence-electron chi connectivity index (χ3n) is 4.71. The van der Waals surface area contributed by atoms with E-state index in [1.165, 1.54) is 27.4 Å². The summed E-state index contributed by atoms with van der Waals surface area (Å²) in [5.41, 5.74) is 1.77. The largest absolute Gasteiger partial charge is 0.504 e. The molecule has 3 aromatic rings. The number of hydrogen-bond acceptors (Lipinski definition) is 7. The van der Waals surface area contributed by atoms with Crippen LogP contribution in [0.3, 0.4) is 0 Å². The average molecular weight is 386 g/mol. The standard InChI is InChI=1S/C21H22O7/c1-10-17(25-4)11(2)19-15(18(10)26-5)16(23)21(27-6)20(28-19)12-7-8-14(24-3)13(22)9-12/h7-9,22H,1-6H3. The van der Waals surface area contributed by atoms with E-state index in [0.29, 0.717) is 39.5 Å². The number of aryl methyl sites for hydroxylation is 1. The molecule has 0 radical (unpaired) electrons. The Morgan fingerprint density at radius 2 is 1.50 bits per heavy atom. The molecule has 0 spiro atoms. The van der Waals surface area contributed by atoms with Gasteiger partial charge in [0, 0.05) is 16.7 Å². The third kappa shape index (κ3) is 2.79. The van der Waals surface area contributed by atoms with Crippen molar-refractivity contribution in [2.75, 3.05) is 28.4 Å². The molecule has 0 fully saturated rings. The summed E-state index contributed by atoms with van der Waals surface area (Å²) in [5, 5.41) is 10.4. The van der Waals surface area contributed by atoms with Crippen LogP contribution in [-0.4, -0.2) is 33.5 Å². The molecule has 0 aliphatic rings. The number of aromatic hydroxyl groups is 1. The molecule has 7 nitrogen and oxygen atoms in total. The van der Waals surface area contributed by atoms with Gasteiger partial charge in [-0.05, 0) is 32.0 Å². The smallest absolute Gasteiger partial charge is 0.239 e. The zero-order valence-electron chi connectivity index (χ0n) is 16.6. The van der Waals surface area contributed by atoms with Crippen molar-refractivity contribution in [2.45, 2.75) is 13.8 Å². The zero-order chi connectivity index (χ0) is 20.6. The number of rotatable bonds is 5. The van der Waals surface area contributed by atoms with Crippen LogP contribution in [0.4, 0.5) is 0 Å². The van der Waals surface area contributed by atoms with Crippen LogP contribution >= 0.6 is 0 Å². The van der Waals surface area contributed by atoms with E-state index in [4.69, 9.17) is 23.4 Å². The summed E-state index contributed by atoms with van der Waals surface area (Å²) in [5.74, 6) is 1.37. The molecule has 3 rings (SSSR count). The van der Waals surface area contributed by atoms with E-state index in [1.807, 2.05) is 6.92 Å². The molecule has 2 aromatic carbocycles. The first kappa shape index (κ1) is 19.4. The highest BCUT2D eigenvalue weighted by atomic mass is 16.5. The number of ether oxygens (including phenoxy) is 4.